The number of nitrogens with one attached hydrogen (secondary N) is 1. The van der Waals surface area contributed by atoms with E-state index in [1.165, 1.54) is 58.3 Å². The highest BCUT2D eigenvalue weighted by Crippen LogP contribution is 2.26. The second-order valence-electron chi connectivity index (χ2n) is 5.21. The van der Waals surface area contributed by atoms with Gasteiger partial charge in [0.15, 0.2) is 0 Å². The van der Waals surface area contributed by atoms with Gasteiger partial charge in [0, 0.05) is 6.54 Å². The second-order valence-corrected chi connectivity index (χ2v) is 5.21. The third kappa shape index (κ3) is 2.96. The molecule has 1 atom stereocenters. The lowest BCUT2D eigenvalue weighted by atomic mass is 9.85. The van der Waals surface area contributed by atoms with Gasteiger partial charge in [-0.1, -0.05) is 6.42 Å². The Balaban J connectivity index is 1.54. The van der Waals surface area contributed by atoms with E-state index in [0.29, 0.717) is 0 Å². The van der Waals surface area contributed by atoms with Gasteiger partial charge in [0.25, 0.3) is 0 Å². The Labute approximate surface area is 88.1 Å². The van der Waals surface area contributed by atoms with Crippen LogP contribution in [0.3, 0.4) is 0 Å². The zero-order chi connectivity index (χ0) is 9.80. The molecule has 0 bridgehead atoms. The van der Waals surface area contributed by atoms with Gasteiger partial charge < -0.3 is 10.2 Å². The van der Waals surface area contributed by atoms with Crippen molar-refractivity contribution in [1.29, 1.82) is 0 Å². The van der Waals surface area contributed by atoms with E-state index in [1.54, 1.807) is 0 Å². The quantitative estimate of drug-likeness (QED) is 0.720. The van der Waals surface area contributed by atoms with Crippen LogP contribution < -0.4 is 5.32 Å². The van der Waals surface area contributed by atoms with Crippen molar-refractivity contribution in [2.24, 2.45) is 11.8 Å². The van der Waals surface area contributed by atoms with Crippen molar-refractivity contribution in [2.75, 3.05) is 33.2 Å². The van der Waals surface area contributed by atoms with E-state index in [9.17, 15) is 0 Å². The van der Waals surface area contributed by atoms with Crippen LogP contribution in [0.15, 0.2) is 0 Å². The maximum atomic E-state index is 3.44. The molecule has 0 radical (unpaired) electrons. The molecule has 82 valence electrons. The summed E-state index contributed by atoms with van der Waals surface area (Å²) in [5.74, 6) is 1.99. The van der Waals surface area contributed by atoms with E-state index in [-0.39, 0.29) is 0 Å². The lowest BCUT2D eigenvalue weighted by molar-refractivity contribution is 0.198. The molecule has 2 aliphatic rings. The van der Waals surface area contributed by atoms with Crippen LogP contribution in [-0.2, 0) is 0 Å². The van der Waals surface area contributed by atoms with Crippen LogP contribution in [-0.4, -0.2) is 38.1 Å². The Hall–Kier alpha value is -0.0800. The van der Waals surface area contributed by atoms with Gasteiger partial charge in [0.1, 0.15) is 0 Å². The predicted molar refractivity (Wildman–Crippen MR) is 60.4 cm³/mol. The van der Waals surface area contributed by atoms with Gasteiger partial charge in [-0.3, -0.25) is 0 Å². The number of nitrogens with zero attached hydrogens (tertiary/aromatic N) is 1. The molecule has 2 fully saturated rings. The maximum Gasteiger partial charge on any atom is 0.000661 e. The average Bonchev–Trinajstić information content (AvgIpc) is 2.60. The molecule has 14 heavy (non-hydrogen) atoms. The van der Waals surface area contributed by atoms with Crippen molar-refractivity contribution in [3.8, 4) is 0 Å². The largest absolute Gasteiger partial charge is 0.316 e. The van der Waals surface area contributed by atoms with Crippen molar-refractivity contribution in [3.63, 3.8) is 0 Å². The minimum absolute atomic E-state index is 0.957. The van der Waals surface area contributed by atoms with Gasteiger partial charge in [-0.15, -0.1) is 0 Å². The molecule has 1 saturated heterocycles. The summed E-state index contributed by atoms with van der Waals surface area (Å²) in [4.78, 5) is 2.54. The predicted octanol–water partition coefficient (Wildman–Crippen LogP) is 1.72. The summed E-state index contributed by atoms with van der Waals surface area (Å²) in [5.41, 5.74) is 0. The van der Waals surface area contributed by atoms with E-state index in [0.717, 1.165) is 11.8 Å². The molecular weight excluding hydrogens is 172 g/mol. The fourth-order valence-electron chi connectivity index (χ4n) is 2.57. The van der Waals surface area contributed by atoms with Crippen molar-refractivity contribution in [3.05, 3.63) is 0 Å². The molecule has 0 spiro atoms. The smallest absolute Gasteiger partial charge is 0.000661 e. The molecule has 2 nitrogen and oxygen atoms in total. The Morgan fingerprint density at radius 3 is 2.64 bits per heavy atom. The lowest BCUT2D eigenvalue weighted by Gasteiger charge is -2.30. The summed E-state index contributed by atoms with van der Waals surface area (Å²) in [6, 6.07) is 0. The fourth-order valence-corrected chi connectivity index (χ4v) is 2.57. The SMILES string of the molecule is CN(CCC1CCNC1)CC1CCC1. The van der Waals surface area contributed by atoms with Crippen LogP contribution >= 0.6 is 0 Å². The van der Waals surface area contributed by atoms with Crippen LogP contribution in [0.4, 0.5) is 0 Å². The Morgan fingerprint density at radius 1 is 1.21 bits per heavy atom. The van der Waals surface area contributed by atoms with E-state index in [2.05, 4.69) is 17.3 Å². The minimum atomic E-state index is 0.957. The third-order valence-corrected chi connectivity index (χ3v) is 3.88. The Bertz CT molecular complexity index is 160. The standard InChI is InChI=1S/C12H24N2/c1-14(10-12-3-2-4-12)8-6-11-5-7-13-9-11/h11-13H,2-10H2,1H3. The van der Waals surface area contributed by atoms with Gasteiger partial charge >= 0.3 is 0 Å². The van der Waals surface area contributed by atoms with E-state index in [1.807, 2.05) is 0 Å². The van der Waals surface area contributed by atoms with Crippen molar-refractivity contribution in [2.45, 2.75) is 32.1 Å². The highest BCUT2D eigenvalue weighted by Gasteiger charge is 2.20. The van der Waals surface area contributed by atoms with Crippen LogP contribution in [0, 0.1) is 11.8 Å². The molecule has 1 saturated carbocycles. The van der Waals surface area contributed by atoms with Crippen LogP contribution in [0.1, 0.15) is 32.1 Å². The van der Waals surface area contributed by atoms with E-state index in [4.69, 9.17) is 0 Å². The molecular formula is C12H24N2. The Morgan fingerprint density at radius 2 is 2.07 bits per heavy atom. The molecule has 1 aliphatic carbocycles. The van der Waals surface area contributed by atoms with Gasteiger partial charge in [0.05, 0.1) is 0 Å². The summed E-state index contributed by atoms with van der Waals surface area (Å²) in [6.07, 6.45) is 7.24. The number of rotatable bonds is 5. The molecule has 2 heteroatoms. The summed E-state index contributed by atoms with van der Waals surface area (Å²) >= 11 is 0. The summed E-state index contributed by atoms with van der Waals surface area (Å²) in [7, 11) is 2.29. The summed E-state index contributed by atoms with van der Waals surface area (Å²) in [5, 5.41) is 3.44. The minimum Gasteiger partial charge on any atom is -0.316 e. The van der Waals surface area contributed by atoms with Crippen molar-refractivity contribution < 1.29 is 0 Å². The van der Waals surface area contributed by atoms with Gasteiger partial charge in [-0.05, 0) is 64.2 Å². The topological polar surface area (TPSA) is 15.3 Å². The highest BCUT2D eigenvalue weighted by molar-refractivity contribution is 4.75. The molecule has 0 aromatic rings. The van der Waals surface area contributed by atoms with Gasteiger partial charge in [-0.2, -0.15) is 0 Å². The van der Waals surface area contributed by atoms with E-state index < -0.39 is 0 Å². The summed E-state index contributed by atoms with van der Waals surface area (Å²) < 4.78 is 0. The third-order valence-electron chi connectivity index (χ3n) is 3.88. The first-order chi connectivity index (χ1) is 6.84. The number of hydrogen-bond acceptors (Lipinski definition) is 2. The summed E-state index contributed by atoms with van der Waals surface area (Å²) in [6.45, 7) is 5.16. The average molecular weight is 196 g/mol. The zero-order valence-corrected chi connectivity index (χ0v) is 9.47. The molecule has 0 amide bonds. The second kappa shape index (κ2) is 5.13. The van der Waals surface area contributed by atoms with Crippen LogP contribution in [0.2, 0.25) is 0 Å². The first-order valence-corrected chi connectivity index (χ1v) is 6.24. The molecule has 1 aliphatic heterocycles. The molecule has 0 aromatic heterocycles. The first-order valence-electron chi connectivity index (χ1n) is 6.24. The molecule has 1 heterocycles. The zero-order valence-electron chi connectivity index (χ0n) is 9.47. The normalized spacial score (nSPS) is 28.3. The first kappa shape index (κ1) is 10.4. The fraction of sp³-hybridized carbons (Fsp3) is 1.00. The number of hydrogen-bond donors (Lipinski definition) is 1. The maximum absolute atomic E-state index is 3.44. The van der Waals surface area contributed by atoms with Crippen LogP contribution in [0.5, 0.6) is 0 Å². The molecule has 1 N–H and O–H groups in total. The Kier molecular flexibility index (Phi) is 3.82. The molecule has 0 aromatic carbocycles. The van der Waals surface area contributed by atoms with Crippen molar-refractivity contribution in [1.82, 2.24) is 10.2 Å². The van der Waals surface area contributed by atoms with Crippen LogP contribution in [0.25, 0.3) is 0 Å². The monoisotopic (exact) mass is 196 g/mol. The van der Waals surface area contributed by atoms with Gasteiger partial charge in [-0.25, -0.2) is 0 Å². The van der Waals surface area contributed by atoms with Gasteiger partial charge in [0.2, 0.25) is 0 Å². The van der Waals surface area contributed by atoms with E-state index >= 15 is 0 Å². The van der Waals surface area contributed by atoms with Crippen molar-refractivity contribution >= 4 is 0 Å². The molecule has 2 rings (SSSR count). The molecule has 1 unspecified atom stereocenters. The highest BCUT2D eigenvalue weighted by atomic mass is 15.1. The lowest BCUT2D eigenvalue weighted by Crippen LogP contribution is -2.31.